The van der Waals surface area contributed by atoms with Gasteiger partial charge in [-0.05, 0) is 55.7 Å². The minimum absolute atomic E-state index is 0.0904. The highest BCUT2D eigenvalue weighted by molar-refractivity contribution is 5.92. The van der Waals surface area contributed by atoms with Crippen molar-refractivity contribution in [2.24, 2.45) is 0 Å². The van der Waals surface area contributed by atoms with Crippen molar-refractivity contribution < 1.29 is 23.5 Å². The summed E-state index contributed by atoms with van der Waals surface area (Å²) in [5.41, 5.74) is 1.26. The van der Waals surface area contributed by atoms with E-state index in [0.29, 0.717) is 36.7 Å². The van der Waals surface area contributed by atoms with Crippen molar-refractivity contribution in [3.05, 3.63) is 54.3 Å². The third-order valence-electron chi connectivity index (χ3n) is 4.55. The highest BCUT2D eigenvalue weighted by Gasteiger charge is 2.16. The molecule has 0 aromatic heterocycles. The summed E-state index contributed by atoms with van der Waals surface area (Å²) in [6.45, 7) is 1.56. The number of rotatable bonds is 9. The summed E-state index contributed by atoms with van der Waals surface area (Å²) >= 11 is 0. The van der Waals surface area contributed by atoms with Crippen LogP contribution < -0.4 is 20.7 Å². The molecule has 2 aromatic rings. The van der Waals surface area contributed by atoms with Gasteiger partial charge in [-0.1, -0.05) is 6.07 Å². The van der Waals surface area contributed by atoms with E-state index in [2.05, 4.69) is 16.0 Å². The first-order chi connectivity index (χ1) is 14.6. The molecule has 0 aliphatic carbocycles. The van der Waals surface area contributed by atoms with Crippen LogP contribution in [0.25, 0.3) is 0 Å². The number of amides is 3. The molecule has 8 heteroatoms. The Morgan fingerprint density at radius 1 is 1.10 bits per heavy atom. The summed E-state index contributed by atoms with van der Waals surface area (Å²) in [6.07, 6.45) is 2.87. The topological polar surface area (TPSA) is 88.7 Å². The fourth-order valence-electron chi connectivity index (χ4n) is 3.03. The zero-order valence-electron chi connectivity index (χ0n) is 16.7. The lowest BCUT2D eigenvalue weighted by Gasteiger charge is -2.12. The molecule has 1 aliphatic heterocycles. The number of hydrogen-bond donors (Lipinski definition) is 3. The molecular formula is C22H26FN3O4. The van der Waals surface area contributed by atoms with Gasteiger partial charge in [-0.2, -0.15) is 0 Å². The van der Waals surface area contributed by atoms with Gasteiger partial charge in [-0.15, -0.1) is 0 Å². The molecular weight excluding hydrogens is 389 g/mol. The van der Waals surface area contributed by atoms with E-state index in [-0.39, 0.29) is 30.3 Å². The molecule has 2 aromatic carbocycles. The average molecular weight is 415 g/mol. The van der Waals surface area contributed by atoms with E-state index in [0.717, 1.165) is 19.4 Å². The predicted octanol–water partition coefficient (Wildman–Crippen LogP) is 3.92. The van der Waals surface area contributed by atoms with Crippen molar-refractivity contribution >= 4 is 23.3 Å². The summed E-state index contributed by atoms with van der Waals surface area (Å²) in [4.78, 5) is 24.0. The van der Waals surface area contributed by atoms with Crippen molar-refractivity contribution in [1.82, 2.24) is 5.32 Å². The van der Waals surface area contributed by atoms with Crippen molar-refractivity contribution in [2.75, 3.05) is 30.4 Å². The van der Waals surface area contributed by atoms with Gasteiger partial charge in [0.05, 0.1) is 12.7 Å². The number of halogens is 1. The normalized spacial score (nSPS) is 15.4. The van der Waals surface area contributed by atoms with Gasteiger partial charge >= 0.3 is 6.03 Å². The van der Waals surface area contributed by atoms with Crippen molar-refractivity contribution in [2.45, 2.75) is 31.8 Å². The molecule has 1 unspecified atom stereocenters. The van der Waals surface area contributed by atoms with Crippen LogP contribution in [0.4, 0.5) is 20.6 Å². The van der Waals surface area contributed by atoms with Gasteiger partial charge in [0, 0.05) is 37.0 Å². The molecule has 7 nitrogen and oxygen atoms in total. The molecule has 3 N–H and O–H groups in total. The number of ether oxygens (including phenoxy) is 2. The summed E-state index contributed by atoms with van der Waals surface area (Å²) in [5.74, 6) is -0.0605. The Bertz CT molecular complexity index is 839. The Balaban J connectivity index is 1.33. The summed E-state index contributed by atoms with van der Waals surface area (Å²) in [6, 6.07) is 12.5. The largest absolute Gasteiger partial charge is 0.493 e. The number of nitrogens with one attached hydrogen (secondary N) is 3. The summed E-state index contributed by atoms with van der Waals surface area (Å²) in [5, 5.41) is 8.33. The van der Waals surface area contributed by atoms with Crippen LogP contribution in [0.5, 0.6) is 5.75 Å². The van der Waals surface area contributed by atoms with Gasteiger partial charge in [-0.25, -0.2) is 9.18 Å². The first kappa shape index (κ1) is 21.6. The number of urea groups is 1. The van der Waals surface area contributed by atoms with Crippen LogP contribution in [0.2, 0.25) is 0 Å². The smallest absolute Gasteiger partial charge is 0.319 e. The van der Waals surface area contributed by atoms with Gasteiger partial charge in [0.1, 0.15) is 11.6 Å². The molecule has 0 saturated carbocycles. The van der Waals surface area contributed by atoms with E-state index in [9.17, 15) is 14.0 Å². The molecule has 0 radical (unpaired) electrons. The SMILES string of the molecule is O=C(CCCOc1cccc(F)c1)Nc1ccc(NC(=O)NCC2CCCO2)cc1. The number of hydrogen-bond acceptors (Lipinski definition) is 4. The number of carbonyl (C=O) groups is 2. The molecule has 1 saturated heterocycles. The van der Waals surface area contributed by atoms with Crippen molar-refractivity contribution in [3.63, 3.8) is 0 Å². The molecule has 160 valence electrons. The lowest BCUT2D eigenvalue weighted by Crippen LogP contribution is -2.35. The number of benzene rings is 2. The predicted molar refractivity (Wildman–Crippen MR) is 112 cm³/mol. The van der Waals surface area contributed by atoms with Crippen molar-refractivity contribution in [1.29, 1.82) is 0 Å². The lowest BCUT2D eigenvalue weighted by atomic mass is 10.2. The second-order valence-electron chi connectivity index (χ2n) is 7.00. The van der Waals surface area contributed by atoms with E-state index < -0.39 is 0 Å². The summed E-state index contributed by atoms with van der Waals surface area (Å²) in [7, 11) is 0. The first-order valence-electron chi connectivity index (χ1n) is 10.0. The Morgan fingerprint density at radius 3 is 2.57 bits per heavy atom. The highest BCUT2D eigenvalue weighted by Crippen LogP contribution is 2.15. The van der Waals surface area contributed by atoms with E-state index in [1.807, 2.05) is 0 Å². The zero-order valence-corrected chi connectivity index (χ0v) is 16.7. The van der Waals surface area contributed by atoms with Gasteiger partial charge in [0.25, 0.3) is 0 Å². The minimum atomic E-state index is -0.358. The third-order valence-corrected chi connectivity index (χ3v) is 4.55. The average Bonchev–Trinajstić information content (AvgIpc) is 3.25. The van der Waals surface area contributed by atoms with Crippen LogP contribution in [0.3, 0.4) is 0 Å². The number of carbonyl (C=O) groups excluding carboxylic acids is 2. The molecule has 0 spiro atoms. The van der Waals surface area contributed by atoms with E-state index in [1.54, 1.807) is 36.4 Å². The van der Waals surface area contributed by atoms with E-state index >= 15 is 0 Å². The Hall–Kier alpha value is -3.13. The quantitative estimate of drug-likeness (QED) is 0.542. The van der Waals surface area contributed by atoms with Crippen LogP contribution in [0.1, 0.15) is 25.7 Å². The molecule has 0 bridgehead atoms. The fourth-order valence-corrected chi connectivity index (χ4v) is 3.03. The van der Waals surface area contributed by atoms with Gasteiger partial charge in [-0.3, -0.25) is 4.79 Å². The van der Waals surface area contributed by atoms with Crippen molar-refractivity contribution in [3.8, 4) is 5.75 Å². The first-order valence-corrected chi connectivity index (χ1v) is 10.0. The Kier molecular flexibility index (Phi) is 8.02. The van der Waals surface area contributed by atoms with Crippen LogP contribution in [-0.4, -0.2) is 37.8 Å². The van der Waals surface area contributed by atoms with E-state index in [1.165, 1.54) is 12.1 Å². The van der Waals surface area contributed by atoms with E-state index in [4.69, 9.17) is 9.47 Å². The Labute approximate surface area is 174 Å². The van der Waals surface area contributed by atoms with Crippen LogP contribution in [-0.2, 0) is 9.53 Å². The summed E-state index contributed by atoms with van der Waals surface area (Å²) < 4.78 is 24.0. The van der Waals surface area contributed by atoms with Gasteiger partial charge in [0.2, 0.25) is 5.91 Å². The molecule has 1 atom stereocenters. The minimum Gasteiger partial charge on any atom is -0.493 e. The second-order valence-corrected chi connectivity index (χ2v) is 7.00. The maximum Gasteiger partial charge on any atom is 0.319 e. The van der Waals surface area contributed by atoms with Crippen LogP contribution in [0.15, 0.2) is 48.5 Å². The van der Waals surface area contributed by atoms with Gasteiger partial charge in [0.15, 0.2) is 0 Å². The molecule has 1 aliphatic rings. The fraction of sp³-hybridized carbons (Fsp3) is 0.364. The van der Waals surface area contributed by atoms with Crippen LogP contribution in [0, 0.1) is 5.82 Å². The maximum atomic E-state index is 13.1. The lowest BCUT2D eigenvalue weighted by molar-refractivity contribution is -0.116. The van der Waals surface area contributed by atoms with Crippen LogP contribution >= 0.6 is 0 Å². The maximum absolute atomic E-state index is 13.1. The second kappa shape index (κ2) is 11.2. The number of anilines is 2. The van der Waals surface area contributed by atoms with Gasteiger partial charge < -0.3 is 25.4 Å². The third kappa shape index (κ3) is 7.36. The Morgan fingerprint density at radius 2 is 1.87 bits per heavy atom. The zero-order chi connectivity index (χ0) is 21.2. The highest BCUT2D eigenvalue weighted by atomic mass is 19.1. The standard InChI is InChI=1S/C22H26FN3O4/c23-16-4-1-5-19(14-16)29-13-3-7-21(27)25-17-8-10-18(11-9-17)26-22(28)24-15-20-6-2-12-30-20/h1,4-5,8-11,14,20H,2-3,6-7,12-13,15H2,(H,25,27)(H2,24,26,28). The molecule has 1 fully saturated rings. The molecule has 3 amide bonds. The molecule has 1 heterocycles. The molecule has 30 heavy (non-hydrogen) atoms. The molecule has 3 rings (SSSR count). The monoisotopic (exact) mass is 415 g/mol.